The van der Waals surface area contributed by atoms with E-state index in [1.165, 1.54) is 0 Å². The number of amides is 1. The second-order valence-electron chi connectivity index (χ2n) is 5.24. The Morgan fingerprint density at radius 3 is 2.71 bits per heavy atom. The molecule has 0 aliphatic carbocycles. The molecule has 0 radical (unpaired) electrons. The summed E-state index contributed by atoms with van der Waals surface area (Å²) in [6, 6.07) is 12.9. The lowest BCUT2D eigenvalue weighted by molar-refractivity contribution is -0.116. The number of nitrogens with one attached hydrogen (secondary N) is 1. The largest absolute Gasteiger partial charge is 0.497 e. The Hall–Kier alpha value is -2.33. The Bertz CT molecular complexity index is 696. The number of rotatable bonds is 3. The molecule has 2 unspecified atom stereocenters. The van der Waals surface area contributed by atoms with Gasteiger partial charge in [0.25, 0.3) is 0 Å². The van der Waals surface area contributed by atoms with Crippen LogP contribution >= 0.6 is 0 Å². The third kappa shape index (κ3) is 2.38. The molecule has 1 heterocycles. The van der Waals surface area contributed by atoms with Crippen LogP contribution in [0.3, 0.4) is 0 Å². The molecule has 3 rings (SSSR count). The normalized spacial score (nSPS) is 18.0. The molecule has 1 aliphatic heterocycles. The summed E-state index contributed by atoms with van der Waals surface area (Å²) in [6.07, 6.45) is -0.742. The molecule has 2 atom stereocenters. The predicted molar refractivity (Wildman–Crippen MR) is 80.5 cm³/mol. The molecule has 0 fully saturated rings. The molecule has 2 N–H and O–H groups in total. The zero-order valence-corrected chi connectivity index (χ0v) is 12.0. The first-order valence-electron chi connectivity index (χ1n) is 6.87. The average Bonchev–Trinajstić information content (AvgIpc) is 2.81. The third-order valence-electron chi connectivity index (χ3n) is 3.92. The minimum atomic E-state index is -0.742. The van der Waals surface area contributed by atoms with Crippen molar-refractivity contribution in [1.29, 1.82) is 0 Å². The van der Waals surface area contributed by atoms with Gasteiger partial charge in [-0.1, -0.05) is 18.2 Å². The highest BCUT2D eigenvalue weighted by Crippen LogP contribution is 2.35. The smallest absolute Gasteiger partial charge is 0.231 e. The van der Waals surface area contributed by atoms with E-state index in [9.17, 15) is 9.90 Å². The Balaban J connectivity index is 1.95. The standard InChI is InChI=1S/C17H17NO3/c1-10-14-9-12(6-7-15(14)18-17(10)20)16(19)11-4-3-5-13(8-11)21-2/h3-10,16,19H,1-2H3,(H,18,20). The van der Waals surface area contributed by atoms with Gasteiger partial charge in [-0.2, -0.15) is 0 Å². The SMILES string of the molecule is COc1cccc(C(O)c2ccc3c(c2)C(C)C(=O)N3)c1. The van der Waals surface area contributed by atoms with Crippen LogP contribution in [0.2, 0.25) is 0 Å². The summed E-state index contributed by atoms with van der Waals surface area (Å²) in [5.74, 6) is 0.522. The first-order valence-corrected chi connectivity index (χ1v) is 6.87. The fourth-order valence-corrected chi connectivity index (χ4v) is 2.61. The maximum absolute atomic E-state index is 11.7. The lowest BCUT2D eigenvalue weighted by Gasteiger charge is -2.14. The van der Waals surface area contributed by atoms with Crippen molar-refractivity contribution in [2.24, 2.45) is 0 Å². The van der Waals surface area contributed by atoms with E-state index >= 15 is 0 Å². The number of hydrogen-bond donors (Lipinski definition) is 2. The van der Waals surface area contributed by atoms with E-state index in [-0.39, 0.29) is 11.8 Å². The van der Waals surface area contributed by atoms with Crippen LogP contribution in [0.4, 0.5) is 5.69 Å². The molecular weight excluding hydrogens is 266 g/mol. The van der Waals surface area contributed by atoms with Crippen molar-refractivity contribution in [3.05, 3.63) is 59.2 Å². The van der Waals surface area contributed by atoms with Crippen molar-refractivity contribution in [2.45, 2.75) is 18.9 Å². The third-order valence-corrected chi connectivity index (χ3v) is 3.92. The van der Waals surface area contributed by atoms with Gasteiger partial charge in [0.1, 0.15) is 11.9 Å². The zero-order valence-electron chi connectivity index (χ0n) is 12.0. The number of methoxy groups -OCH3 is 1. The van der Waals surface area contributed by atoms with Crippen LogP contribution < -0.4 is 10.1 Å². The molecule has 0 saturated carbocycles. The van der Waals surface area contributed by atoms with Crippen LogP contribution in [0.15, 0.2) is 42.5 Å². The number of ether oxygens (including phenoxy) is 1. The van der Waals surface area contributed by atoms with Crippen molar-refractivity contribution < 1.29 is 14.6 Å². The van der Waals surface area contributed by atoms with Gasteiger partial charge in [0.15, 0.2) is 0 Å². The Kier molecular flexibility index (Phi) is 3.39. The summed E-state index contributed by atoms with van der Waals surface area (Å²) in [5.41, 5.74) is 3.29. The van der Waals surface area contributed by atoms with Crippen LogP contribution in [0, 0.1) is 0 Å². The maximum Gasteiger partial charge on any atom is 0.231 e. The molecule has 0 bridgehead atoms. The van der Waals surface area contributed by atoms with E-state index in [1.54, 1.807) is 7.11 Å². The van der Waals surface area contributed by atoms with Gasteiger partial charge in [-0.05, 0) is 47.9 Å². The fraction of sp³-hybridized carbons (Fsp3) is 0.235. The molecule has 2 aromatic carbocycles. The Morgan fingerprint density at radius 2 is 1.95 bits per heavy atom. The lowest BCUT2D eigenvalue weighted by Crippen LogP contribution is -2.08. The Labute approximate surface area is 123 Å². The summed E-state index contributed by atoms with van der Waals surface area (Å²) in [6.45, 7) is 1.86. The number of aliphatic hydroxyl groups is 1. The number of carbonyl (C=O) groups excluding carboxylic acids is 1. The number of anilines is 1. The van der Waals surface area contributed by atoms with Gasteiger partial charge >= 0.3 is 0 Å². The summed E-state index contributed by atoms with van der Waals surface area (Å²) < 4.78 is 5.18. The molecule has 108 valence electrons. The first kappa shape index (κ1) is 13.6. The van der Waals surface area contributed by atoms with Gasteiger partial charge in [-0.15, -0.1) is 0 Å². The second-order valence-corrected chi connectivity index (χ2v) is 5.24. The minimum absolute atomic E-state index is 0.00183. The van der Waals surface area contributed by atoms with Gasteiger partial charge in [0.2, 0.25) is 5.91 Å². The van der Waals surface area contributed by atoms with Gasteiger partial charge < -0.3 is 15.2 Å². The number of fused-ring (bicyclic) bond motifs is 1. The maximum atomic E-state index is 11.7. The highest BCUT2D eigenvalue weighted by atomic mass is 16.5. The predicted octanol–water partition coefficient (Wildman–Crippen LogP) is 2.83. The summed E-state index contributed by atoms with van der Waals surface area (Å²) >= 11 is 0. The van der Waals surface area contributed by atoms with E-state index in [0.29, 0.717) is 5.75 Å². The molecule has 0 spiro atoms. The zero-order chi connectivity index (χ0) is 15.0. The van der Waals surface area contributed by atoms with Crippen molar-refractivity contribution in [2.75, 3.05) is 12.4 Å². The van der Waals surface area contributed by atoms with Crippen molar-refractivity contribution >= 4 is 11.6 Å². The topological polar surface area (TPSA) is 58.6 Å². The number of benzene rings is 2. The highest BCUT2D eigenvalue weighted by molar-refractivity contribution is 6.02. The molecular formula is C17H17NO3. The highest BCUT2D eigenvalue weighted by Gasteiger charge is 2.27. The van der Waals surface area contributed by atoms with Crippen LogP contribution in [0.1, 0.15) is 35.6 Å². The molecule has 1 amide bonds. The van der Waals surface area contributed by atoms with E-state index < -0.39 is 6.10 Å². The van der Waals surface area contributed by atoms with Crippen LogP contribution in [0.25, 0.3) is 0 Å². The molecule has 2 aromatic rings. The van der Waals surface area contributed by atoms with Gasteiger partial charge in [0, 0.05) is 5.69 Å². The van der Waals surface area contributed by atoms with E-state index in [2.05, 4.69) is 5.32 Å². The van der Waals surface area contributed by atoms with Crippen LogP contribution in [0.5, 0.6) is 5.75 Å². The van der Waals surface area contributed by atoms with E-state index in [4.69, 9.17) is 4.74 Å². The summed E-state index contributed by atoms with van der Waals surface area (Å²) in [4.78, 5) is 11.7. The number of aliphatic hydroxyl groups excluding tert-OH is 1. The summed E-state index contributed by atoms with van der Waals surface area (Å²) in [7, 11) is 1.60. The monoisotopic (exact) mass is 283 g/mol. The molecule has 0 aromatic heterocycles. The number of hydrogen-bond acceptors (Lipinski definition) is 3. The van der Waals surface area contributed by atoms with Crippen molar-refractivity contribution in [3.8, 4) is 5.75 Å². The average molecular weight is 283 g/mol. The lowest BCUT2D eigenvalue weighted by atomic mass is 9.95. The van der Waals surface area contributed by atoms with Gasteiger partial charge in [-0.3, -0.25) is 4.79 Å². The molecule has 21 heavy (non-hydrogen) atoms. The molecule has 4 nitrogen and oxygen atoms in total. The van der Waals surface area contributed by atoms with Crippen LogP contribution in [-0.2, 0) is 4.79 Å². The molecule has 4 heteroatoms. The first-order chi connectivity index (χ1) is 10.1. The summed E-state index contributed by atoms with van der Waals surface area (Å²) in [5, 5.41) is 13.4. The quantitative estimate of drug-likeness (QED) is 0.910. The second kappa shape index (κ2) is 5.22. The number of carbonyl (C=O) groups is 1. The van der Waals surface area contributed by atoms with Gasteiger partial charge in [-0.25, -0.2) is 0 Å². The van der Waals surface area contributed by atoms with E-state index in [0.717, 1.165) is 22.4 Å². The van der Waals surface area contributed by atoms with Crippen LogP contribution in [-0.4, -0.2) is 18.1 Å². The minimum Gasteiger partial charge on any atom is -0.497 e. The molecule has 0 saturated heterocycles. The van der Waals surface area contributed by atoms with E-state index in [1.807, 2.05) is 49.4 Å². The fourth-order valence-electron chi connectivity index (χ4n) is 2.61. The van der Waals surface area contributed by atoms with Gasteiger partial charge in [0.05, 0.1) is 13.0 Å². The molecule has 1 aliphatic rings. The van der Waals surface area contributed by atoms with Crippen molar-refractivity contribution in [1.82, 2.24) is 0 Å². The Morgan fingerprint density at radius 1 is 1.19 bits per heavy atom. The van der Waals surface area contributed by atoms with Crippen molar-refractivity contribution in [3.63, 3.8) is 0 Å².